The number of carbonyl (C=O) groups is 2. The van der Waals surface area contributed by atoms with Crippen LogP contribution in [0, 0.1) is 17.3 Å². The maximum Gasteiger partial charge on any atom is 0.309 e. The smallest absolute Gasteiger partial charge is 0.309 e. The van der Waals surface area contributed by atoms with Crippen molar-refractivity contribution in [3.05, 3.63) is 35.9 Å². The van der Waals surface area contributed by atoms with Gasteiger partial charge in [-0.1, -0.05) is 44.2 Å². The Morgan fingerprint density at radius 3 is 2.27 bits per heavy atom. The Kier molecular flexibility index (Phi) is 6.60. The van der Waals surface area contributed by atoms with E-state index in [1.54, 1.807) is 13.8 Å². The molecule has 1 rings (SSSR count). The molecule has 22 heavy (non-hydrogen) atoms. The van der Waals surface area contributed by atoms with Crippen LogP contribution in [0.2, 0.25) is 0 Å². The number of carboxylic acids is 1. The molecule has 0 aliphatic carbocycles. The maximum atomic E-state index is 12.4. The summed E-state index contributed by atoms with van der Waals surface area (Å²) in [6.07, 6.45) is 1.12. The molecule has 1 atom stereocenters. The number of amides is 1. The van der Waals surface area contributed by atoms with E-state index in [-0.39, 0.29) is 17.7 Å². The quantitative estimate of drug-likeness (QED) is 0.775. The monoisotopic (exact) mass is 305 g/mol. The molecule has 0 bridgehead atoms. The van der Waals surface area contributed by atoms with Crippen LogP contribution >= 0.6 is 0 Å². The summed E-state index contributed by atoms with van der Waals surface area (Å²) in [5, 5.41) is 12.0. The van der Waals surface area contributed by atoms with Crippen LogP contribution in [0.15, 0.2) is 30.3 Å². The van der Waals surface area contributed by atoms with Crippen molar-refractivity contribution < 1.29 is 14.7 Å². The summed E-state index contributed by atoms with van der Waals surface area (Å²) < 4.78 is 0. The average molecular weight is 305 g/mol. The molecule has 0 heterocycles. The van der Waals surface area contributed by atoms with Gasteiger partial charge in [0.05, 0.1) is 5.41 Å². The minimum atomic E-state index is -0.841. The standard InChI is InChI=1S/C18H27NO3/c1-13(2)15(12-14-8-6-5-7-9-14)16(20)19-11-10-18(3,4)17(21)22/h5-9,13,15H,10-12H2,1-4H3,(H,19,20)(H,21,22). The summed E-state index contributed by atoms with van der Waals surface area (Å²) >= 11 is 0. The van der Waals surface area contributed by atoms with Crippen molar-refractivity contribution in [3.63, 3.8) is 0 Å². The molecule has 1 aromatic rings. The van der Waals surface area contributed by atoms with Crippen LogP contribution in [0.1, 0.15) is 39.7 Å². The van der Waals surface area contributed by atoms with Crippen molar-refractivity contribution in [2.24, 2.45) is 17.3 Å². The summed E-state index contributed by atoms with van der Waals surface area (Å²) in [6, 6.07) is 9.95. The van der Waals surface area contributed by atoms with Crippen molar-refractivity contribution in [1.29, 1.82) is 0 Å². The molecule has 1 unspecified atom stereocenters. The van der Waals surface area contributed by atoms with E-state index in [0.717, 1.165) is 5.56 Å². The lowest BCUT2D eigenvalue weighted by molar-refractivity contribution is -0.147. The second kappa shape index (κ2) is 7.97. The van der Waals surface area contributed by atoms with Crippen LogP contribution in [0.4, 0.5) is 0 Å². The van der Waals surface area contributed by atoms with Gasteiger partial charge in [0.1, 0.15) is 0 Å². The molecule has 0 aromatic heterocycles. The highest BCUT2D eigenvalue weighted by Gasteiger charge is 2.28. The lowest BCUT2D eigenvalue weighted by Gasteiger charge is -2.23. The topological polar surface area (TPSA) is 66.4 Å². The average Bonchev–Trinajstić information content (AvgIpc) is 2.45. The molecule has 0 saturated heterocycles. The number of hydrogen-bond donors (Lipinski definition) is 2. The molecule has 4 nitrogen and oxygen atoms in total. The third-order valence-corrected chi connectivity index (χ3v) is 4.07. The SMILES string of the molecule is CC(C)C(Cc1ccccc1)C(=O)NCCC(C)(C)C(=O)O. The lowest BCUT2D eigenvalue weighted by Crippen LogP contribution is -2.37. The molecule has 4 heteroatoms. The van der Waals surface area contributed by atoms with Crippen molar-refractivity contribution in [2.45, 2.75) is 40.5 Å². The van der Waals surface area contributed by atoms with E-state index in [9.17, 15) is 9.59 Å². The van der Waals surface area contributed by atoms with Gasteiger partial charge in [-0.2, -0.15) is 0 Å². The van der Waals surface area contributed by atoms with Crippen molar-refractivity contribution >= 4 is 11.9 Å². The zero-order valence-electron chi connectivity index (χ0n) is 13.9. The van der Waals surface area contributed by atoms with Gasteiger partial charge in [0.25, 0.3) is 0 Å². The molecule has 1 amide bonds. The van der Waals surface area contributed by atoms with Crippen molar-refractivity contribution in [3.8, 4) is 0 Å². The Labute approximate surface area is 132 Å². The highest BCUT2D eigenvalue weighted by Crippen LogP contribution is 2.20. The summed E-state index contributed by atoms with van der Waals surface area (Å²) in [5.41, 5.74) is 0.322. The highest BCUT2D eigenvalue weighted by atomic mass is 16.4. The molecule has 0 aliphatic heterocycles. The predicted octanol–water partition coefficient (Wildman–Crippen LogP) is 3.12. The van der Waals surface area contributed by atoms with Gasteiger partial charge in [0, 0.05) is 12.5 Å². The third-order valence-electron chi connectivity index (χ3n) is 4.07. The Morgan fingerprint density at radius 2 is 1.77 bits per heavy atom. The second-order valence-electron chi connectivity index (χ2n) is 6.77. The summed E-state index contributed by atoms with van der Waals surface area (Å²) in [6.45, 7) is 7.80. The maximum absolute atomic E-state index is 12.4. The zero-order valence-corrected chi connectivity index (χ0v) is 13.9. The normalized spacial score (nSPS) is 13.0. The largest absolute Gasteiger partial charge is 0.481 e. The van der Waals surface area contributed by atoms with Gasteiger partial charge in [0.2, 0.25) is 5.91 Å². The molecule has 0 aliphatic rings. The van der Waals surface area contributed by atoms with Gasteiger partial charge < -0.3 is 10.4 Å². The molecule has 0 saturated carbocycles. The summed E-state index contributed by atoms with van der Waals surface area (Å²) in [5.74, 6) is -0.713. The molecule has 1 aromatic carbocycles. The molecule has 2 N–H and O–H groups in total. The van der Waals surface area contributed by atoms with E-state index in [1.165, 1.54) is 0 Å². The number of carbonyl (C=O) groups excluding carboxylic acids is 1. The summed E-state index contributed by atoms with van der Waals surface area (Å²) in [4.78, 5) is 23.5. The van der Waals surface area contributed by atoms with Gasteiger partial charge in [-0.05, 0) is 38.2 Å². The number of aliphatic carboxylic acids is 1. The fourth-order valence-electron chi connectivity index (χ4n) is 2.24. The van der Waals surface area contributed by atoms with Crippen LogP contribution < -0.4 is 5.32 Å². The Morgan fingerprint density at radius 1 is 1.18 bits per heavy atom. The molecule has 122 valence electrons. The van der Waals surface area contributed by atoms with E-state index < -0.39 is 11.4 Å². The van der Waals surface area contributed by atoms with Gasteiger partial charge >= 0.3 is 5.97 Å². The lowest BCUT2D eigenvalue weighted by atomic mass is 9.87. The fraction of sp³-hybridized carbons (Fsp3) is 0.556. The fourth-order valence-corrected chi connectivity index (χ4v) is 2.24. The van der Waals surface area contributed by atoms with E-state index >= 15 is 0 Å². The first-order valence-electron chi connectivity index (χ1n) is 7.79. The predicted molar refractivity (Wildman–Crippen MR) is 87.5 cm³/mol. The van der Waals surface area contributed by atoms with Crippen LogP contribution in [0.3, 0.4) is 0 Å². The number of benzene rings is 1. The highest BCUT2D eigenvalue weighted by molar-refractivity contribution is 5.79. The minimum absolute atomic E-state index is 0.0000387. The third kappa shape index (κ3) is 5.51. The van der Waals surface area contributed by atoms with Gasteiger partial charge in [-0.15, -0.1) is 0 Å². The van der Waals surface area contributed by atoms with Gasteiger partial charge in [0.15, 0.2) is 0 Å². The molecular formula is C18H27NO3. The number of nitrogens with one attached hydrogen (secondary N) is 1. The van der Waals surface area contributed by atoms with Crippen LogP contribution in [0.5, 0.6) is 0 Å². The van der Waals surface area contributed by atoms with Crippen LogP contribution in [-0.4, -0.2) is 23.5 Å². The zero-order chi connectivity index (χ0) is 16.8. The number of hydrogen-bond acceptors (Lipinski definition) is 2. The van der Waals surface area contributed by atoms with Crippen LogP contribution in [-0.2, 0) is 16.0 Å². The van der Waals surface area contributed by atoms with E-state index in [4.69, 9.17) is 5.11 Å². The Balaban J connectivity index is 2.58. The van der Waals surface area contributed by atoms with E-state index in [1.807, 2.05) is 44.2 Å². The van der Waals surface area contributed by atoms with Crippen molar-refractivity contribution in [1.82, 2.24) is 5.32 Å². The first-order valence-corrected chi connectivity index (χ1v) is 7.79. The van der Waals surface area contributed by atoms with Crippen molar-refractivity contribution in [2.75, 3.05) is 6.54 Å². The Hall–Kier alpha value is -1.84. The number of rotatable bonds is 8. The van der Waals surface area contributed by atoms with E-state index in [2.05, 4.69) is 5.32 Å². The second-order valence-corrected chi connectivity index (χ2v) is 6.77. The minimum Gasteiger partial charge on any atom is -0.481 e. The first-order chi connectivity index (χ1) is 10.2. The first kappa shape index (κ1) is 18.2. The number of carboxylic acid groups (broad SMARTS) is 1. The molecule has 0 spiro atoms. The van der Waals surface area contributed by atoms with E-state index in [0.29, 0.717) is 19.4 Å². The van der Waals surface area contributed by atoms with Gasteiger partial charge in [-0.25, -0.2) is 0 Å². The molecular weight excluding hydrogens is 278 g/mol. The summed E-state index contributed by atoms with van der Waals surface area (Å²) in [7, 11) is 0. The van der Waals surface area contributed by atoms with Gasteiger partial charge in [-0.3, -0.25) is 9.59 Å². The Bertz CT molecular complexity index is 494. The van der Waals surface area contributed by atoms with Crippen LogP contribution in [0.25, 0.3) is 0 Å². The molecule has 0 radical (unpaired) electrons. The molecule has 0 fully saturated rings.